The number of benzene rings is 2. The van der Waals surface area contributed by atoms with E-state index in [1.807, 2.05) is 38.4 Å². The van der Waals surface area contributed by atoms with Crippen LogP contribution in [0.25, 0.3) is 10.6 Å². The van der Waals surface area contributed by atoms with Gasteiger partial charge in [-0.3, -0.25) is 0 Å². The Bertz CT molecular complexity index is 523. The van der Waals surface area contributed by atoms with Crippen LogP contribution in [0.2, 0.25) is 0 Å². The van der Waals surface area contributed by atoms with Gasteiger partial charge in [0.05, 0.1) is 0 Å². The molecular weight excluding hydrogens is 363 g/mol. The molecule has 0 N–H and O–H groups in total. The van der Waals surface area contributed by atoms with E-state index < -0.39 is 0 Å². The molecule has 0 bridgehead atoms. The Kier molecular flexibility index (Phi) is 16.3. The van der Waals surface area contributed by atoms with Crippen LogP contribution in [0.3, 0.4) is 0 Å². The van der Waals surface area contributed by atoms with Crippen molar-refractivity contribution >= 4 is 11.4 Å². The molecule has 0 aromatic heterocycles. The van der Waals surface area contributed by atoms with Gasteiger partial charge in [-0.25, -0.2) is 0 Å². The Morgan fingerprint density at radius 2 is 0.913 bits per heavy atom. The van der Waals surface area contributed by atoms with Crippen molar-refractivity contribution in [2.24, 2.45) is 0 Å². The molecule has 0 aliphatic carbocycles. The number of halogens is 2. The molecule has 0 aliphatic heterocycles. The van der Waals surface area contributed by atoms with Crippen molar-refractivity contribution in [2.75, 3.05) is 14.1 Å². The summed E-state index contributed by atoms with van der Waals surface area (Å²) in [5.41, 5.74) is 7.38. The van der Waals surface area contributed by atoms with E-state index in [4.69, 9.17) is 0 Å². The molecule has 0 radical (unpaired) electrons. The standard InChI is InChI=1S/2C9H12N.2ClH.Ti/c2*1-7-5-4-6-9(10-3)8(7)2;;;/h2*4-6H,1-3H3;2*1H;/q2*-1;;;+4/p-2. The van der Waals surface area contributed by atoms with Crippen molar-refractivity contribution in [3.05, 3.63) is 69.3 Å². The molecule has 0 spiro atoms. The molecule has 2 aromatic rings. The summed E-state index contributed by atoms with van der Waals surface area (Å²) in [5, 5.41) is 8.26. The summed E-state index contributed by atoms with van der Waals surface area (Å²) in [6.45, 7) is 8.39. The Hall–Kier alpha value is -0.666. The van der Waals surface area contributed by atoms with E-state index in [1.54, 1.807) is 0 Å². The molecule has 0 atom stereocenters. The van der Waals surface area contributed by atoms with Crippen LogP contribution in [0.5, 0.6) is 0 Å². The minimum Gasteiger partial charge on any atom is -1.00 e. The largest absolute Gasteiger partial charge is 4.00 e. The van der Waals surface area contributed by atoms with Gasteiger partial charge in [0.1, 0.15) is 0 Å². The van der Waals surface area contributed by atoms with E-state index in [1.165, 1.54) is 22.3 Å². The molecule has 2 nitrogen and oxygen atoms in total. The van der Waals surface area contributed by atoms with Crippen LogP contribution in [0, 0.1) is 27.7 Å². The monoisotopic (exact) mass is 386 g/mol. The van der Waals surface area contributed by atoms with Crippen LogP contribution >= 0.6 is 0 Å². The molecule has 124 valence electrons. The minimum absolute atomic E-state index is 0. The topological polar surface area (TPSA) is 28.2 Å². The molecule has 5 heteroatoms. The molecule has 0 heterocycles. The van der Waals surface area contributed by atoms with Gasteiger partial charge in [-0.05, 0) is 38.8 Å². The fourth-order valence-electron chi connectivity index (χ4n) is 1.96. The number of hydrogen-bond acceptors (Lipinski definition) is 0. The van der Waals surface area contributed by atoms with Crippen LogP contribution in [-0.4, -0.2) is 14.1 Å². The fourth-order valence-corrected chi connectivity index (χ4v) is 1.96. The Morgan fingerprint density at radius 1 is 0.609 bits per heavy atom. The van der Waals surface area contributed by atoms with E-state index in [9.17, 15) is 0 Å². The van der Waals surface area contributed by atoms with Gasteiger partial charge < -0.3 is 35.4 Å². The average Bonchev–Trinajstić information content (AvgIpc) is 2.45. The second-order valence-electron chi connectivity index (χ2n) is 4.89. The molecule has 0 aliphatic rings. The summed E-state index contributed by atoms with van der Waals surface area (Å²) >= 11 is 0. The molecule has 23 heavy (non-hydrogen) atoms. The first-order valence-electron chi connectivity index (χ1n) is 6.83. The summed E-state index contributed by atoms with van der Waals surface area (Å²) in [6, 6.07) is 12.3. The van der Waals surface area contributed by atoms with Crippen LogP contribution in [-0.2, 0) is 21.7 Å². The number of rotatable bonds is 2. The summed E-state index contributed by atoms with van der Waals surface area (Å²) in [7, 11) is 3.64. The first kappa shape index (κ1) is 27.2. The van der Waals surface area contributed by atoms with Crippen LogP contribution in [0.15, 0.2) is 36.4 Å². The Labute approximate surface area is 168 Å². The maximum atomic E-state index is 4.13. The maximum Gasteiger partial charge on any atom is 4.00 e. The van der Waals surface area contributed by atoms with Gasteiger partial charge in [0.2, 0.25) is 0 Å². The molecule has 2 rings (SSSR count). The van der Waals surface area contributed by atoms with Gasteiger partial charge in [-0.15, -0.1) is 25.5 Å². The third kappa shape index (κ3) is 8.12. The quantitative estimate of drug-likeness (QED) is 0.644. The SMILES string of the molecule is C[N-]c1cccc(C)c1C.C[N-]c1cccc(C)c1C.[Cl-].[Cl-].[Ti+4]. The molecule has 0 unspecified atom stereocenters. The van der Waals surface area contributed by atoms with Gasteiger partial charge in [0.25, 0.3) is 0 Å². The van der Waals surface area contributed by atoms with Crippen molar-refractivity contribution in [2.45, 2.75) is 27.7 Å². The van der Waals surface area contributed by atoms with Gasteiger partial charge in [0.15, 0.2) is 0 Å². The number of nitrogens with zero attached hydrogens (tertiary/aromatic N) is 2. The maximum absolute atomic E-state index is 4.13. The second kappa shape index (κ2) is 13.7. The number of aryl methyl sites for hydroxylation is 2. The zero-order valence-corrected chi connectivity index (χ0v) is 17.7. The molecule has 0 saturated heterocycles. The Balaban J connectivity index is -0.000000308. The summed E-state index contributed by atoms with van der Waals surface area (Å²) in [6.07, 6.45) is 0. The smallest absolute Gasteiger partial charge is 1.00 e. The predicted molar refractivity (Wildman–Crippen MR) is 89.7 cm³/mol. The normalized spacial score (nSPS) is 8.26. The van der Waals surface area contributed by atoms with Crippen LogP contribution in [0.4, 0.5) is 11.4 Å². The minimum atomic E-state index is 0. The summed E-state index contributed by atoms with van der Waals surface area (Å²) < 4.78 is 0. The summed E-state index contributed by atoms with van der Waals surface area (Å²) in [4.78, 5) is 0. The first-order valence-corrected chi connectivity index (χ1v) is 6.83. The predicted octanol–water partition coefficient (Wildman–Crippen LogP) is -0.118. The third-order valence-corrected chi connectivity index (χ3v) is 3.63. The first-order chi connectivity index (χ1) is 9.51. The van der Waals surface area contributed by atoms with E-state index >= 15 is 0 Å². The van der Waals surface area contributed by atoms with Crippen molar-refractivity contribution in [1.82, 2.24) is 0 Å². The van der Waals surface area contributed by atoms with Crippen LogP contribution < -0.4 is 24.8 Å². The van der Waals surface area contributed by atoms with E-state index in [-0.39, 0.29) is 46.5 Å². The van der Waals surface area contributed by atoms with Crippen molar-refractivity contribution in [3.63, 3.8) is 0 Å². The average molecular weight is 387 g/mol. The van der Waals surface area contributed by atoms with E-state index in [0.29, 0.717) is 0 Å². The molecule has 0 amide bonds. The van der Waals surface area contributed by atoms with Gasteiger partial charge in [-0.1, -0.05) is 47.5 Å². The zero-order valence-electron chi connectivity index (χ0n) is 14.6. The third-order valence-electron chi connectivity index (χ3n) is 3.63. The van der Waals surface area contributed by atoms with Crippen LogP contribution in [0.1, 0.15) is 22.3 Å². The summed E-state index contributed by atoms with van der Waals surface area (Å²) in [5.74, 6) is 0. The van der Waals surface area contributed by atoms with Crippen molar-refractivity contribution in [1.29, 1.82) is 0 Å². The van der Waals surface area contributed by atoms with Gasteiger partial charge in [0, 0.05) is 0 Å². The number of hydrogen-bond donors (Lipinski definition) is 0. The molecule has 2 aromatic carbocycles. The molecular formula is C18H24Cl2N2Ti. The second-order valence-corrected chi connectivity index (χ2v) is 4.89. The zero-order chi connectivity index (χ0) is 15.1. The van der Waals surface area contributed by atoms with Gasteiger partial charge >= 0.3 is 21.7 Å². The molecule has 0 saturated carbocycles. The molecule has 0 fully saturated rings. The van der Waals surface area contributed by atoms with E-state index in [0.717, 1.165) is 11.4 Å². The van der Waals surface area contributed by atoms with Crippen molar-refractivity contribution in [3.8, 4) is 0 Å². The Morgan fingerprint density at radius 3 is 1.13 bits per heavy atom. The fraction of sp³-hybridized carbons (Fsp3) is 0.333. The van der Waals surface area contributed by atoms with Crippen molar-refractivity contribution < 1.29 is 46.5 Å². The van der Waals surface area contributed by atoms with Gasteiger partial charge in [-0.2, -0.15) is 0 Å². The van der Waals surface area contributed by atoms with E-state index in [2.05, 4.69) is 50.5 Å².